The molecular formula is C19H20FN3O3. The molecule has 2 aliphatic heterocycles. The zero-order valence-electron chi connectivity index (χ0n) is 14.3. The first-order valence-electron chi connectivity index (χ1n) is 8.69. The first-order chi connectivity index (χ1) is 12.6. The summed E-state index contributed by atoms with van der Waals surface area (Å²) in [5.74, 6) is -1.17. The predicted octanol–water partition coefficient (Wildman–Crippen LogP) is 2.82. The van der Waals surface area contributed by atoms with Crippen molar-refractivity contribution in [3.63, 3.8) is 0 Å². The van der Waals surface area contributed by atoms with E-state index in [4.69, 9.17) is 9.47 Å². The van der Waals surface area contributed by atoms with Gasteiger partial charge >= 0.3 is 0 Å². The lowest BCUT2D eigenvalue weighted by Crippen LogP contribution is -2.45. The Bertz CT molecular complexity index is 781. The Balaban J connectivity index is 1.38. The number of pyridine rings is 1. The molecule has 3 heterocycles. The fraction of sp³-hybridized carbons (Fsp3) is 0.368. The fourth-order valence-corrected chi connectivity index (χ4v) is 3.36. The second-order valence-corrected chi connectivity index (χ2v) is 6.46. The van der Waals surface area contributed by atoms with Crippen LogP contribution in [0.1, 0.15) is 23.3 Å². The minimum atomic E-state index is -0.408. The number of carbonyl (C=O) groups is 1. The highest BCUT2D eigenvalue weighted by Crippen LogP contribution is 2.33. The molecule has 0 atom stereocenters. The lowest BCUT2D eigenvalue weighted by atomic mass is 10.0. The smallest absolute Gasteiger partial charge is 0.274 e. The number of aromatic nitrogens is 1. The molecule has 2 aliphatic rings. The summed E-state index contributed by atoms with van der Waals surface area (Å²) in [6, 6.07) is 9.32. The Morgan fingerprint density at radius 3 is 2.58 bits per heavy atom. The molecule has 1 aromatic heterocycles. The molecule has 1 amide bonds. The Hall–Kier alpha value is -2.51. The second kappa shape index (κ2) is 7.01. The molecule has 1 N–H and O–H groups in total. The third kappa shape index (κ3) is 3.54. The van der Waals surface area contributed by atoms with Crippen molar-refractivity contribution in [2.45, 2.75) is 18.6 Å². The summed E-state index contributed by atoms with van der Waals surface area (Å²) in [6.07, 6.45) is 3.32. The second-order valence-electron chi connectivity index (χ2n) is 6.46. The first-order valence-corrected chi connectivity index (χ1v) is 8.69. The zero-order chi connectivity index (χ0) is 18.0. The van der Waals surface area contributed by atoms with Crippen molar-refractivity contribution in [1.82, 2.24) is 4.98 Å². The molecule has 0 aliphatic carbocycles. The molecule has 6 nitrogen and oxygen atoms in total. The SMILES string of the molecule is O=C(Nc1cccc(F)c1)c1ccc(N2CCC3(CC2)OCCO3)cn1. The van der Waals surface area contributed by atoms with E-state index in [1.165, 1.54) is 12.1 Å². The Labute approximate surface area is 150 Å². The zero-order valence-corrected chi connectivity index (χ0v) is 14.3. The Morgan fingerprint density at radius 1 is 1.15 bits per heavy atom. The summed E-state index contributed by atoms with van der Waals surface area (Å²) in [6.45, 7) is 2.96. The number of hydrogen-bond acceptors (Lipinski definition) is 5. The molecule has 2 aromatic rings. The number of carbonyl (C=O) groups excluding carboxylic acids is 1. The molecule has 2 saturated heterocycles. The highest BCUT2D eigenvalue weighted by Gasteiger charge is 2.39. The number of nitrogens with zero attached hydrogens (tertiary/aromatic N) is 2. The molecule has 0 bridgehead atoms. The van der Waals surface area contributed by atoms with Crippen molar-refractivity contribution in [3.8, 4) is 0 Å². The molecule has 0 saturated carbocycles. The highest BCUT2D eigenvalue weighted by molar-refractivity contribution is 6.02. The van der Waals surface area contributed by atoms with Crippen LogP contribution < -0.4 is 10.2 Å². The van der Waals surface area contributed by atoms with E-state index in [0.29, 0.717) is 18.9 Å². The number of halogens is 1. The molecule has 4 rings (SSSR count). The summed E-state index contributed by atoms with van der Waals surface area (Å²) < 4.78 is 24.7. The van der Waals surface area contributed by atoms with Gasteiger partial charge in [-0.15, -0.1) is 0 Å². The summed E-state index contributed by atoms with van der Waals surface area (Å²) in [7, 11) is 0. The van der Waals surface area contributed by atoms with E-state index in [1.54, 1.807) is 24.4 Å². The van der Waals surface area contributed by atoms with Crippen LogP contribution in [0, 0.1) is 5.82 Å². The number of rotatable bonds is 3. The van der Waals surface area contributed by atoms with Crippen molar-refractivity contribution >= 4 is 17.3 Å². The normalized spacial score (nSPS) is 18.9. The minimum Gasteiger partial charge on any atom is -0.370 e. The van der Waals surface area contributed by atoms with Gasteiger partial charge in [-0.25, -0.2) is 9.37 Å². The topological polar surface area (TPSA) is 63.7 Å². The van der Waals surface area contributed by atoms with Gasteiger partial charge < -0.3 is 19.7 Å². The quantitative estimate of drug-likeness (QED) is 0.915. The third-order valence-electron chi connectivity index (χ3n) is 4.77. The van der Waals surface area contributed by atoms with Crippen LogP contribution in [-0.2, 0) is 9.47 Å². The largest absolute Gasteiger partial charge is 0.370 e. The number of anilines is 2. The van der Waals surface area contributed by atoms with E-state index in [0.717, 1.165) is 31.6 Å². The number of hydrogen-bond donors (Lipinski definition) is 1. The van der Waals surface area contributed by atoms with Crippen LogP contribution in [-0.4, -0.2) is 43.0 Å². The van der Waals surface area contributed by atoms with Crippen LogP contribution in [0.15, 0.2) is 42.6 Å². The van der Waals surface area contributed by atoms with Crippen molar-refractivity contribution in [3.05, 3.63) is 54.1 Å². The van der Waals surface area contributed by atoms with Crippen LogP contribution in [0.5, 0.6) is 0 Å². The lowest BCUT2D eigenvalue weighted by Gasteiger charge is -2.38. The van der Waals surface area contributed by atoms with Crippen LogP contribution in [0.3, 0.4) is 0 Å². The molecule has 1 spiro atoms. The Kier molecular flexibility index (Phi) is 4.57. The molecule has 136 valence electrons. The standard InChI is InChI=1S/C19H20FN3O3/c20-14-2-1-3-15(12-14)22-18(24)17-5-4-16(13-21-17)23-8-6-19(7-9-23)25-10-11-26-19/h1-5,12-13H,6-11H2,(H,22,24). The van der Waals surface area contributed by atoms with Gasteiger partial charge in [0.25, 0.3) is 5.91 Å². The monoisotopic (exact) mass is 357 g/mol. The molecule has 7 heteroatoms. The molecule has 1 aromatic carbocycles. The number of piperidine rings is 1. The van der Waals surface area contributed by atoms with Gasteiger partial charge in [0.05, 0.1) is 25.1 Å². The maximum absolute atomic E-state index is 13.2. The average Bonchev–Trinajstić information content (AvgIpc) is 3.11. The van der Waals surface area contributed by atoms with Crippen LogP contribution in [0.2, 0.25) is 0 Å². The number of ether oxygens (including phenoxy) is 2. The third-order valence-corrected chi connectivity index (χ3v) is 4.77. The number of amides is 1. The van der Waals surface area contributed by atoms with Crippen LogP contribution >= 0.6 is 0 Å². The van der Waals surface area contributed by atoms with E-state index >= 15 is 0 Å². The predicted molar refractivity (Wildman–Crippen MR) is 94.7 cm³/mol. The van der Waals surface area contributed by atoms with E-state index in [9.17, 15) is 9.18 Å². The van der Waals surface area contributed by atoms with E-state index in [-0.39, 0.29) is 11.6 Å². The van der Waals surface area contributed by atoms with Crippen molar-refractivity contribution in [2.24, 2.45) is 0 Å². The maximum Gasteiger partial charge on any atom is 0.274 e. The van der Waals surface area contributed by atoms with Gasteiger partial charge in [0.1, 0.15) is 11.5 Å². The van der Waals surface area contributed by atoms with Crippen molar-refractivity contribution in [2.75, 3.05) is 36.5 Å². The van der Waals surface area contributed by atoms with Gasteiger partial charge in [0.2, 0.25) is 0 Å². The molecular weight excluding hydrogens is 337 g/mol. The summed E-state index contributed by atoms with van der Waals surface area (Å²) in [5.41, 5.74) is 1.65. The van der Waals surface area contributed by atoms with Crippen molar-refractivity contribution < 1.29 is 18.7 Å². The lowest BCUT2D eigenvalue weighted by molar-refractivity contribution is -0.169. The number of benzene rings is 1. The van der Waals surface area contributed by atoms with Gasteiger partial charge in [-0.2, -0.15) is 0 Å². The van der Waals surface area contributed by atoms with Crippen molar-refractivity contribution in [1.29, 1.82) is 0 Å². The van der Waals surface area contributed by atoms with Gasteiger partial charge in [0, 0.05) is 31.6 Å². The fourth-order valence-electron chi connectivity index (χ4n) is 3.36. The molecule has 26 heavy (non-hydrogen) atoms. The van der Waals surface area contributed by atoms with Crippen LogP contribution in [0.25, 0.3) is 0 Å². The summed E-state index contributed by atoms with van der Waals surface area (Å²) in [5, 5.41) is 2.64. The van der Waals surface area contributed by atoms with E-state index < -0.39 is 11.6 Å². The summed E-state index contributed by atoms with van der Waals surface area (Å²) in [4.78, 5) is 18.7. The highest BCUT2D eigenvalue weighted by atomic mass is 19.1. The maximum atomic E-state index is 13.2. The number of nitrogens with one attached hydrogen (secondary N) is 1. The minimum absolute atomic E-state index is 0.286. The Morgan fingerprint density at radius 2 is 1.92 bits per heavy atom. The summed E-state index contributed by atoms with van der Waals surface area (Å²) >= 11 is 0. The molecule has 0 radical (unpaired) electrons. The average molecular weight is 357 g/mol. The first kappa shape index (κ1) is 16.9. The molecule has 2 fully saturated rings. The molecule has 0 unspecified atom stereocenters. The van der Waals surface area contributed by atoms with Gasteiger partial charge in [-0.3, -0.25) is 4.79 Å². The van der Waals surface area contributed by atoms with Crippen LogP contribution in [0.4, 0.5) is 15.8 Å². The van der Waals surface area contributed by atoms with E-state index in [1.807, 2.05) is 6.07 Å². The van der Waals surface area contributed by atoms with Gasteiger partial charge in [-0.05, 0) is 30.3 Å². The van der Waals surface area contributed by atoms with Gasteiger partial charge in [0.15, 0.2) is 5.79 Å². The van der Waals surface area contributed by atoms with E-state index in [2.05, 4.69) is 15.2 Å². The van der Waals surface area contributed by atoms with Gasteiger partial charge in [-0.1, -0.05) is 6.07 Å².